The Morgan fingerprint density at radius 3 is 2.71 bits per heavy atom. The lowest BCUT2D eigenvalue weighted by Crippen LogP contribution is -2.16. The molecule has 0 radical (unpaired) electrons. The van der Waals surface area contributed by atoms with E-state index in [2.05, 4.69) is 20.5 Å². The summed E-state index contributed by atoms with van der Waals surface area (Å²) in [7, 11) is 0. The average Bonchev–Trinajstić information content (AvgIpc) is 3.55. The Morgan fingerprint density at radius 1 is 1.21 bits per heavy atom. The number of benzene rings is 2. The molecule has 3 N–H and O–H groups in total. The van der Waals surface area contributed by atoms with E-state index in [4.69, 9.17) is 0 Å². The number of rotatable bonds is 5. The molecule has 3 aromatic rings. The van der Waals surface area contributed by atoms with Gasteiger partial charge in [0, 0.05) is 11.1 Å². The van der Waals surface area contributed by atoms with E-state index in [1.807, 2.05) is 24.3 Å². The fraction of sp³-hybridized carbons (Fsp3) is 0.143. The number of nitrogens with zero attached hydrogens (tertiary/aromatic N) is 3. The number of para-hydroxylation sites is 1. The van der Waals surface area contributed by atoms with Crippen LogP contribution >= 0.6 is 0 Å². The number of nitrogens with one attached hydrogen (secondary N) is 2. The van der Waals surface area contributed by atoms with Crippen molar-refractivity contribution < 1.29 is 5.11 Å². The molecular formula is C21H17N5O2. The van der Waals surface area contributed by atoms with Gasteiger partial charge in [-0.25, -0.2) is 10.4 Å². The lowest BCUT2D eigenvalue weighted by atomic mass is 10.1. The lowest BCUT2D eigenvalue weighted by molar-refractivity contribution is 0.467. The third kappa shape index (κ3) is 3.48. The second-order valence-electron chi connectivity index (χ2n) is 6.55. The molecule has 0 amide bonds. The molecule has 7 nitrogen and oxygen atoms in total. The molecule has 138 valence electrons. The summed E-state index contributed by atoms with van der Waals surface area (Å²) in [6.07, 6.45) is 3.65. The molecule has 0 bridgehead atoms. The van der Waals surface area contributed by atoms with Crippen molar-refractivity contribution in [3.8, 4) is 23.1 Å². The summed E-state index contributed by atoms with van der Waals surface area (Å²) in [6.45, 7) is 0. The van der Waals surface area contributed by atoms with Crippen LogP contribution in [0.4, 0.5) is 5.95 Å². The van der Waals surface area contributed by atoms with Crippen LogP contribution in [0.3, 0.4) is 0 Å². The zero-order chi connectivity index (χ0) is 19.5. The van der Waals surface area contributed by atoms with Crippen molar-refractivity contribution in [3.05, 3.63) is 75.6 Å². The normalized spacial score (nSPS) is 13.4. The third-order valence-corrected chi connectivity index (χ3v) is 4.57. The number of phenolic OH excluding ortho intramolecular Hbond substituents is 1. The fourth-order valence-corrected chi connectivity index (χ4v) is 3.01. The lowest BCUT2D eigenvalue weighted by Gasteiger charge is -2.07. The first kappa shape index (κ1) is 17.5. The van der Waals surface area contributed by atoms with Crippen molar-refractivity contribution in [2.24, 2.45) is 5.10 Å². The van der Waals surface area contributed by atoms with E-state index in [1.165, 1.54) is 6.21 Å². The second kappa shape index (κ2) is 7.37. The van der Waals surface area contributed by atoms with Crippen LogP contribution in [-0.2, 0) is 0 Å². The molecule has 1 aliphatic rings. The average molecular weight is 371 g/mol. The predicted octanol–water partition coefficient (Wildman–Crippen LogP) is 3.34. The van der Waals surface area contributed by atoms with E-state index in [0.717, 1.165) is 18.4 Å². The zero-order valence-corrected chi connectivity index (χ0v) is 14.9. The van der Waals surface area contributed by atoms with Crippen LogP contribution in [0.5, 0.6) is 5.75 Å². The first-order chi connectivity index (χ1) is 13.7. The van der Waals surface area contributed by atoms with Crippen LogP contribution in [0.2, 0.25) is 0 Å². The van der Waals surface area contributed by atoms with Crippen LogP contribution in [0.25, 0.3) is 11.3 Å². The molecular weight excluding hydrogens is 354 g/mol. The van der Waals surface area contributed by atoms with Crippen LogP contribution in [0, 0.1) is 11.3 Å². The van der Waals surface area contributed by atoms with E-state index in [0.29, 0.717) is 17.0 Å². The van der Waals surface area contributed by atoms with Gasteiger partial charge in [0.25, 0.3) is 5.56 Å². The maximum Gasteiger partial charge on any atom is 0.270 e. The van der Waals surface area contributed by atoms with Gasteiger partial charge < -0.3 is 5.11 Å². The first-order valence-electron chi connectivity index (χ1n) is 8.88. The number of anilines is 1. The largest absolute Gasteiger partial charge is 0.507 e. The molecule has 28 heavy (non-hydrogen) atoms. The summed E-state index contributed by atoms with van der Waals surface area (Å²) in [6, 6.07) is 16.5. The highest BCUT2D eigenvalue weighted by Crippen LogP contribution is 2.44. The Morgan fingerprint density at radius 2 is 2.00 bits per heavy atom. The topological polar surface area (TPSA) is 114 Å². The van der Waals surface area contributed by atoms with E-state index in [-0.39, 0.29) is 23.0 Å². The molecule has 7 heteroatoms. The Balaban J connectivity index is 1.62. The van der Waals surface area contributed by atoms with Crippen molar-refractivity contribution in [2.75, 3.05) is 5.43 Å². The highest BCUT2D eigenvalue weighted by molar-refractivity contribution is 5.84. The predicted molar refractivity (Wildman–Crippen MR) is 106 cm³/mol. The van der Waals surface area contributed by atoms with Crippen LogP contribution in [0.1, 0.15) is 35.4 Å². The maximum atomic E-state index is 12.2. The summed E-state index contributed by atoms with van der Waals surface area (Å²) in [5, 5.41) is 23.7. The standard InChI is InChI=1S/C21H17N5O2/c22-11-17-18(14-5-2-1-3-6-14)24-21(25-20(17)28)26-23-12-15-7-4-8-16(19(15)27)13-9-10-13/h1-8,12-13,27H,9-10H2,(H2,24,25,26,28). The first-order valence-corrected chi connectivity index (χ1v) is 8.88. The molecule has 1 heterocycles. The molecule has 4 rings (SSSR count). The minimum atomic E-state index is -0.548. The van der Waals surface area contributed by atoms with E-state index >= 15 is 0 Å². The highest BCUT2D eigenvalue weighted by atomic mass is 16.3. The van der Waals surface area contributed by atoms with E-state index < -0.39 is 5.56 Å². The van der Waals surface area contributed by atoms with Crippen molar-refractivity contribution in [1.82, 2.24) is 9.97 Å². The van der Waals surface area contributed by atoms with Crippen molar-refractivity contribution in [1.29, 1.82) is 5.26 Å². The number of phenols is 1. The number of nitriles is 1. The SMILES string of the molecule is N#Cc1c(-c2ccccc2)nc(NN=Cc2cccc(C3CC3)c2O)[nH]c1=O. The molecule has 1 aliphatic carbocycles. The van der Waals surface area contributed by atoms with Gasteiger partial charge >= 0.3 is 0 Å². The fourth-order valence-electron chi connectivity index (χ4n) is 3.01. The monoisotopic (exact) mass is 371 g/mol. The van der Waals surface area contributed by atoms with Crippen LogP contribution < -0.4 is 11.0 Å². The number of aromatic nitrogens is 2. The van der Waals surface area contributed by atoms with Gasteiger partial charge in [0.05, 0.1) is 11.9 Å². The van der Waals surface area contributed by atoms with Gasteiger partial charge in [-0.05, 0) is 30.4 Å². The number of hydrazone groups is 1. The number of aromatic amines is 1. The van der Waals surface area contributed by atoms with Crippen molar-refractivity contribution in [3.63, 3.8) is 0 Å². The zero-order valence-electron chi connectivity index (χ0n) is 14.9. The number of hydrogen-bond acceptors (Lipinski definition) is 6. The molecule has 1 fully saturated rings. The van der Waals surface area contributed by atoms with E-state index in [1.54, 1.807) is 30.3 Å². The summed E-state index contributed by atoms with van der Waals surface area (Å²) in [5.41, 5.74) is 4.51. The quantitative estimate of drug-likeness (QED) is 0.470. The smallest absolute Gasteiger partial charge is 0.270 e. The van der Waals surface area contributed by atoms with Crippen molar-refractivity contribution >= 4 is 12.2 Å². The molecule has 0 aliphatic heterocycles. The molecule has 0 atom stereocenters. The molecule has 0 unspecified atom stereocenters. The Hall–Kier alpha value is -3.92. The van der Waals surface area contributed by atoms with Gasteiger partial charge in [0.2, 0.25) is 5.95 Å². The minimum Gasteiger partial charge on any atom is -0.507 e. The Kier molecular flexibility index (Phi) is 4.60. The summed E-state index contributed by atoms with van der Waals surface area (Å²) in [4.78, 5) is 19.0. The second-order valence-corrected chi connectivity index (χ2v) is 6.55. The minimum absolute atomic E-state index is 0.0597. The van der Waals surface area contributed by atoms with Crippen molar-refractivity contribution in [2.45, 2.75) is 18.8 Å². The van der Waals surface area contributed by atoms with Crippen LogP contribution in [-0.4, -0.2) is 21.3 Å². The Bertz CT molecular complexity index is 1140. The number of H-pyrrole nitrogens is 1. The van der Waals surface area contributed by atoms with Gasteiger partial charge in [-0.3, -0.25) is 9.78 Å². The molecule has 1 saturated carbocycles. The van der Waals surface area contributed by atoms with Gasteiger partial charge in [0.1, 0.15) is 17.4 Å². The summed E-state index contributed by atoms with van der Waals surface area (Å²) >= 11 is 0. The van der Waals surface area contributed by atoms with Gasteiger partial charge in [-0.1, -0.05) is 42.5 Å². The molecule has 0 saturated heterocycles. The Labute approximate surface area is 161 Å². The van der Waals surface area contributed by atoms with Gasteiger partial charge in [0.15, 0.2) is 0 Å². The third-order valence-electron chi connectivity index (χ3n) is 4.57. The van der Waals surface area contributed by atoms with Crippen LogP contribution in [0.15, 0.2) is 58.4 Å². The van der Waals surface area contributed by atoms with Gasteiger partial charge in [-0.15, -0.1) is 0 Å². The van der Waals surface area contributed by atoms with E-state index in [9.17, 15) is 15.2 Å². The summed E-state index contributed by atoms with van der Waals surface area (Å²) in [5.74, 6) is 0.755. The number of hydrogen-bond donors (Lipinski definition) is 3. The number of aromatic hydroxyl groups is 1. The molecule has 0 spiro atoms. The molecule has 2 aromatic carbocycles. The summed E-state index contributed by atoms with van der Waals surface area (Å²) < 4.78 is 0. The maximum absolute atomic E-state index is 12.2. The molecule has 1 aromatic heterocycles. The highest BCUT2D eigenvalue weighted by Gasteiger charge is 2.26. The van der Waals surface area contributed by atoms with Gasteiger partial charge in [-0.2, -0.15) is 10.4 Å².